The maximum absolute atomic E-state index is 12.9. The molecule has 6 rings (SSSR count). The number of carbonyl (C=O) groups is 1. The van der Waals surface area contributed by atoms with Crippen molar-refractivity contribution in [3.8, 4) is 11.5 Å². The molecule has 0 saturated heterocycles. The maximum Gasteiger partial charge on any atom is 0.344 e. The summed E-state index contributed by atoms with van der Waals surface area (Å²) < 4.78 is 12.0. The third-order valence-electron chi connectivity index (χ3n) is 10.5. The number of phenolic OH excluding ortho intramolecular Hbond substituents is 1. The molecule has 4 aliphatic rings. The van der Waals surface area contributed by atoms with Gasteiger partial charge in [0.15, 0.2) is 6.61 Å². The van der Waals surface area contributed by atoms with Gasteiger partial charge in [0.2, 0.25) is 0 Å². The second-order valence-corrected chi connectivity index (χ2v) is 13.6. The zero-order valence-electron chi connectivity index (χ0n) is 24.5. The van der Waals surface area contributed by atoms with Gasteiger partial charge in [-0.25, -0.2) is 4.79 Å². The summed E-state index contributed by atoms with van der Waals surface area (Å²) in [5.41, 5.74) is 2.31. The smallest absolute Gasteiger partial charge is 0.344 e. The third kappa shape index (κ3) is 6.31. The predicted molar refractivity (Wildman–Crippen MR) is 156 cm³/mol. The van der Waals surface area contributed by atoms with Gasteiger partial charge in [0.05, 0.1) is 0 Å². The van der Waals surface area contributed by atoms with E-state index in [2.05, 4.69) is 39.8 Å². The summed E-state index contributed by atoms with van der Waals surface area (Å²) in [5.74, 6) is 4.27. The van der Waals surface area contributed by atoms with Crippen molar-refractivity contribution < 1.29 is 19.4 Å². The number of carbonyl (C=O) groups excluding carboxylic acids is 1. The molecule has 212 valence electrons. The molecule has 4 heteroatoms. The topological polar surface area (TPSA) is 55.8 Å². The second kappa shape index (κ2) is 11.6. The Morgan fingerprint density at radius 3 is 2.05 bits per heavy atom. The van der Waals surface area contributed by atoms with Crippen LogP contribution in [0.1, 0.15) is 115 Å². The van der Waals surface area contributed by atoms with E-state index in [1.165, 1.54) is 49.7 Å². The number of aromatic hydroxyl groups is 1. The molecule has 0 amide bonds. The van der Waals surface area contributed by atoms with E-state index in [-0.39, 0.29) is 18.0 Å². The molecule has 4 saturated carbocycles. The van der Waals surface area contributed by atoms with E-state index in [0.717, 1.165) is 43.4 Å². The number of hydrogen-bond donors (Lipinski definition) is 1. The van der Waals surface area contributed by atoms with E-state index < -0.39 is 5.60 Å². The molecule has 0 heterocycles. The van der Waals surface area contributed by atoms with Crippen LogP contribution in [0, 0.1) is 23.2 Å². The summed E-state index contributed by atoms with van der Waals surface area (Å²) in [6.07, 6.45) is 12.4. The summed E-state index contributed by atoms with van der Waals surface area (Å²) in [5, 5.41) is 9.57. The highest BCUT2D eigenvalue weighted by Gasteiger charge is 2.58. The average Bonchev–Trinajstić information content (AvgIpc) is 2.90. The first kappa shape index (κ1) is 28.1. The molecular formula is C35H48O4. The van der Waals surface area contributed by atoms with Gasteiger partial charge in [-0.3, -0.25) is 0 Å². The van der Waals surface area contributed by atoms with Crippen molar-refractivity contribution in [1.82, 2.24) is 0 Å². The standard InChI is InChI=1S/C35H48O4/c1-5-28(30-9-13-31(36)14-10-30)8-6-7-24(2)29-11-15-32(16-12-29)38-23-33(37)39-34(3,4)35-20-25-17-26(21-35)19-27(18-25)22-35/h9-16,24-28,36H,5-8,17-23H2,1-4H3. The lowest BCUT2D eigenvalue weighted by molar-refractivity contribution is -0.200. The lowest BCUT2D eigenvalue weighted by atomic mass is 9.46. The van der Waals surface area contributed by atoms with Gasteiger partial charge >= 0.3 is 5.97 Å². The SMILES string of the molecule is CCC(CCCC(C)c1ccc(OCC(=O)OC(C)(C)C23CC4CC(CC(C4)C2)C3)cc1)c1ccc(O)cc1. The molecule has 4 aliphatic carbocycles. The highest BCUT2D eigenvalue weighted by Crippen LogP contribution is 2.64. The molecule has 2 unspecified atom stereocenters. The Hall–Kier alpha value is -2.49. The van der Waals surface area contributed by atoms with Crippen LogP contribution in [0.4, 0.5) is 0 Å². The normalized spacial score (nSPS) is 27.2. The fourth-order valence-electron chi connectivity index (χ4n) is 8.50. The number of rotatable bonds is 12. The Morgan fingerprint density at radius 2 is 1.49 bits per heavy atom. The predicted octanol–water partition coefficient (Wildman–Crippen LogP) is 8.78. The van der Waals surface area contributed by atoms with E-state index in [9.17, 15) is 9.90 Å². The van der Waals surface area contributed by atoms with Crippen LogP contribution >= 0.6 is 0 Å². The third-order valence-corrected chi connectivity index (χ3v) is 10.5. The minimum absolute atomic E-state index is 0.0413. The molecule has 0 radical (unpaired) electrons. The van der Waals surface area contributed by atoms with Crippen LogP contribution in [0.2, 0.25) is 0 Å². The van der Waals surface area contributed by atoms with Gasteiger partial charge in [-0.15, -0.1) is 0 Å². The van der Waals surface area contributed by atoms with Crippen LogP contribution in [0.5, 0.6) is 11.5 Å². The largest absolute Gasteiger partial charge is 0.508 e. The number of benzene rings is 2. The Morgan fingerprint density at radius 1 is 0.923 bits per heavy atom. The van der Waals surface area contributed by atoms with E-state index >= 15 is 0 Å². The monoisotopic (exact) mass is 532 g/mol. The highest BCUT2D eigenvalue weighted by atomic mass is 16.6. The van der Waals surface area contributed by atoms with Gasteiger partial charge in [0.1, 0.15) is 17.1 Å². The number of esters is 1. The molecule has 2 atom stereocenters. The fraction of sp³-hybridized carbons (Fsp3) is 0.629. The molecule has 39 heavy (non-hydrogen) atoms. The molecule has 0 aromatic heterocycles. The summed E-state index contributed by atoms with van der Waals surface area (Å²) >= 11 is 0. The van der Waals surface area contributed by atoms with E-state index in [1.807, 2.05) is 24.3 Å². The van der Waals surface area contributed by atoms with Crippen LogP contribution in [-0.4, -0.2) is 23.3 Å². The Balaban J connectivity index is 1.07. The molecule has 0 aliphatic heterocycles. The molecule has 4 bridgehead atoms. The first-order valence-electron chi connectivity index (χ1n) is 15.4. The number of phenols is 1. The Labute approximate surface area is 235 Å². The van der Waals surface area contributed by atoms with Gasteiger partial charge in [-0.2, -0.15) is 0 Å². The number of hydrogen-bond acceptors (Lipinski definition) is 4. The number of ether oxygens (including phenoxy) is 2. The fourth-order valence-corrected chi connectivity index (χ4v) is 8.50. The molecular weight excluding hydrogens is 484 g/mol. The van der Waals surface area contributed by atoms with E-state index in [0.29, 0.717) is 23.3 Å². The van der Waals surface area contributed by atoms with Crippen LogP contribution in [0.25, 0.3) is 0 Å². The molecule has 1 N–H and O–H groups in total. The quantitative estimate of drug-likeness (QED) is 0.278. The van der Waals surface area contributed by atoms with Crippen LogP contribution in [0.3, 0.4) is 0 Å². The summed E-state index contributed by atoms with van der Waals surface area (Å²) in [6, 6.07) is 15.9. The van der Waals surface area contributed by atoms with Crippen molar-refractivity contribution in [2.75, 3.05) is 6.61 Å². The van der Waals surface area contributed by atoms with Crippen molar-refractivity contribution in [2.45, 2.75) is 109 Å². The Kier molecular flexibility index (Phi) is 8.31. The van der Waals surface area contributed by atoms with Crippen molar-refractivity contribution in [3.05, 3.63) is 59.7 Å². The van der Waals surface area contributed by atoms with Crippen LogP contribution in [0.15, 0.2) is 48.5 Å². The van der Waals surface area contributed by atoms with Gasteiger partial charge in [-0.05, 0) is 137 Å². The Bertz CT molecular complexity index is 1070. The molecule has 2 aromatic carbocycles. The zero-order chi connectivity index (χ0) is 27.6. The van der Waals surface area contributed by atoms with Crippen LogP contribution in [-0.2, 0) is 9.53 Å². The molecule has 4 fully saturated rings. The highest BCUT2D eigenvalue weighted by molar-refractivity contribution is 5.71. The minimum atomic E-state index is -0.443. The minimum Gasteiger partial charge on any atom is -0.508 e. The summed E-state index contributed by atoms with van der Waals surface area (Å²) in [4.78, 5) is 12.9. The van der Waals surface area contributed by atoms with Gasteiger partial charge in [0.25, 0.3) is 0 Å². The lowest BCUT2D eigenvalue weighted by Crippen LogP contribution is -2.57. The van der Waals surface area contributed by atoms with E-state index in [1.54, 1.807) is 12.1 Å². The van der Waals surface area contributed by atoms with Crippen molar-refractivity contribution in [2.24, 2.45) is 23.2 Å². The van der Waals surface area contributed by atoms with Gasteiger partial charge < -0.3 is 14.6 Å². The van der Waals surface area contributed by atoms with E-state index in [4.69, 9.17) is 9.47 Å². The van der Waals surface area contributed by atoms with Gasteiger partial charge in [0, 0.05) is 5.41 Å². The lowest BCUT2D eigenvalue weighted by Gasteiger charge is -2.61. The molecule has 2 aromatic rings. The second-order valence-electron chi connectivity index (χ2n) is 13.6. The average molecular weight is 533 g/mol. The first-order valence-corrected chi connectivity index (χ1v) is 15.4. The zero-order valence-corrected chi connectivity index (χ0v) is 24.5. The first-order chi connectivity index (χ1) is 18.7. The molecule has 4 nitrogen and oxygen atoms in total. The maximum atomic E-state index is 12.9. The van der Waals surface area contributed by atoms with Crippen molar-refractivity contribution >= 4 is 5.97 Å². The van der Waals surface area contributed by atoms with Crippen molar-refractivity contribution in [1.29, 1.82) is 0 Å². The van der Waals surface area contributed by atoms with Gasteiger partial charge in [-0.1, -0.05) is 44.5 Å². The van der Waals surface area contributed by atoms with Crippen LogP contribution < -0.4 is 4.74 Å². The summed E-state index contributed by atoms with van der Waals surface area (Å²) in [7, 11) is 0. The van der Waals surface area contributed by atoms with Crippen molar-refractivity contribution in [3.63, 3.8) is 0 Å². The summed E-state index contributed by atoms with van der Waals surface area (Å²) in [6.45, 7) is 8.75. The molecule has 0 spiro atoms.